The minimum atomic E-state index is -0.717. The van der Waals surface area contributed by atoms with E-state index in [1.165, 1.54) is 16.9 Å². The average Bonchev–Trinajstić information content (AvgIpc) is 3.50. The number of aromatic nitrogens is 5. The van der Waals surface area contributed by atoms with Crippen molar-refractivity contribution in [1.29, 1.82) is 0 Å². The highest BCUT2D eigenvalue weighted by molar-refractivity contribution is 6.31. The molecule has 3 aromatic rings. The molecule has 184 valence electrons. The van der Waals surface area contributed by atoms with E-state index in [-0.39, 0.29) is 18.4 Å². The fourth-order valence-electron chi connectivity index (χ4n) is 3.37. The topological polar surface area (TPSA) is 115 Å². The number of benzene rings is 1. The van der Waals surface area contributed by atoms with Crippen molar-refractivity contribution in [3.05, 3.63) is 47.0 Å². The minimum Gasteiger partial charge on any atom is -0.443 e. The molecule has 1 aliphatic carbocycles. The van der Waals surface area contributed by atoms with Gasteiger partial charge >= 0.3 is 12.1 Å². The summed E-state index contributed by atoms with van der Waals surface area (Å²) in [5.74, 6) is -0.184. The van der Waals surface area contributed by atoms with Crippen LogP contribution in [0.5, 0.6) is 0 Å². The van der Waals surface area contributed by atoms with Crippen molar-refractivity contribution in [3.63, 3.8) is 0 Å². The number of imide groups is 1. The highest BCUT2D eigenvalue weighted by Crippen LogP contribution is 2.32. The largest absolute Gasteiger partial charge is 0.443 e. The van der Waals surface area contributed by atoms with Gasteiger partial charge in [-0.2, -0.15) is 4.80 Å². The Bertz CT molecular complexity index is 1270. The molecular weight excluding hydrogens is 477 g/mol. The maximum absolute atomic E-state index is 13.9. The van der Waals surface area contributed by atoms with Gasteiger partial charge < -0.3 is 10.1 Å². The fraction of sp³-hybridized carbons (Fsp3) is 0.391. The zero-order valence-corrected chi connectivity index (χ0v) is 20.5. The first-order valence-corrected chi connectivity index (χ1v) is 11.4. The molecule has 1 N–H and O–H groups in total. The number of pyridine rings is 1. The van der Waals surface area contributed by atoms with Gasteiger partial charge in [-0.05, 0) is 62.6 Å². The van der Waals surface area contributed by atoms with Gasteiger partial charge in [0.2, 0.25) is 5.82 Å². The number of tetrazole rings is 1. The van der Waals surface area contributed by atoms with Crippen LogP contribution in [-0.2, 0) is 18.3 Å². The zero-order valence-electron chi connectivity index (χ0n) is 19.7. The van der Waals surface area contributed by atoms with Gasteiger partial charge in [-0.15, -0.1) is 10.2 Å². The smallest absolute Gasteiger partial charge is 0.418 e. The van der Waals surface area contributed by atoms with E-state index in [4.69, 9.17) is 16.3 Å². The Morgan fingerprint density at radius 3 is 2.60 bits per heavy atom. The molecule has 0 radical (unpaired) electrons. The van der Waals surface area contributed by atoms with Crippen molar-refractivity contribution in [2.45, 2.75) is 51.8 Å². The molecule has 35 heavy (non-hydrogen) atoms. The van der Waals surface area contributed by atoms with E-state index in [2.05, 4.69) is 25.7 Å². The number of amides is 3. The monoisotopic (exact) mass is 501 g/mol. The highest BCUT2D eigenvalue weighted by Gasteiger charge is 2.39. The summed E-state index contributed by atoms with van der Waals surface area (Å²) in [6.07, 6.45) is 2.35. The molecule has 0 unspecified atom stereocenters. The summed E-state index contributed by atoms with van der Waals surface area (Å²) in [5.41, 5.74) is 1.36. The maximum atomic E-state index is 13.9. The Balaban J connectivity index is 1.51. The Morgan fingerprint density at radius 2 is 2.00 bits per heavy atom. The molecule has 1 saturated carbocycles. The number of nitrogens with zero attached hydrogens (tertiary/aromatic N) is 6. The summed E-state index contributed by atoms with van der Waals surface area (Å²) < 4.78 is 19.3. The standard InChI is InChI=1S/C23H25ClFN7O3/c1-23(2,3)35-22(34)32(15-6-7-15)21(33)27-12-19-18(24)9-13(11-26-19)16-8-5-14(25)10-17(16)20-28-30-31(4)29-20/h5,8-11,15H,6-7,12H2,1-4H3,(H,27,33). The number of ether oxygens (including phenoxy) is 1. The van der Waals surface area contributed by atoms with E-state index in [1.807, 2.05) is 0 Å². The van der Waals surface area contributed by atoms with Gasteiger partial charge in [-0.1, -0.05) is 17.7 Å². The van der Waals surface area contributed by atoms with Crippen molar-refractivity contribution in [1.82, 2.24) is 35.4 Å². The third kappa shape index (κ3) is 5.91. The van der Waals surface area contributed by atoms with Crippen LogP contribution in [-0.4, -0.2) is 53.9 Å². The molecule has 2 heterocycles. The van der Waals surface area contributed by atoms with Crippen LogP contribution in [0.15, 0.2) is 30.5 Å². The quantitative estimate of drug-likeness (QED) is 0.552. The summed E-state index contributed by atoms with van der Waals surface area (Å²) in [4.78, 5) is 32.0. The van der Waals surface area contributed by atoms with Gasteiger partial charge in [-0.25, -0.2) is 18.9 Å². The van der Waals surface area contributed by atoms with Crippen LogP contribution in [0.4, 0.5) is 14.0 Å². The van der Waals surface area contributed by atoms with Gasteiger partial charge in [0.1, 0.15) is 11.4 Å². The van der Waals surface area contributed by atoms with Crippen molar-refractivity contribution in [2.75, 3.05) is 0 Å². The predicted octanol–water partition coefficient (Wildman–Crippen LogP) is 4.34. The summed E-state index contributed by atoms with van der Waals surface area (Å²) in [6, 6.07) is 5.14. The third-order valence-electron chi connectivity index (χ3n) is 5.09. The maximum Gasteiger partial charge on any atom is 0.418 e. The highest BCUT2D eigenvalue weighted by atomic mass is 35.5. The van der Waals surface area contributed by atoms with Gasteiger partial charge in [0.05, 0.1) is 24.3 Å². The van der Waals surface area contributed by atoms with Crippen LogP contribution in [0.1, 0.15) is 39.3 Å². The lowest BCUT2D eigenvalue weighted by Crippen LogP contribution is -2.47. The van der Waals surface area contributed by atoms with Crippen LogP contribution in [0.2, 0.25) is 5.02 Å². The summed E-state index contributed by atoms with van der Waals surface area (Å²) in [6.45, 7) is 5.23. The molecule has 1 fully saturated rings. The van der Waals surface area contributed by atoms with Crippen molar-refractivity contribution in [3.8, 4) is 22.5 Å². The number of rotatable bonds is 5. The molecular formula is C23H25ClFN7O3. The molecule has 0 saturated heterocycles. The van der Waals surface area contributed by atoms with Crippen LogP contribution in [0, 0.1) is 5.82 Å². The lowest BCUT2D eigenvalue weighted by atomic mass is 10.00. The normalized spacial score (nSPS) is 13.4. The SMILES string of the molecule is Cn1nnc(-c2cc(F)ccc2-c2cnc(CNC(=O)N(C(=O)OC(C)(C)C)C3CC3)c(Cl)c2)n1. The van der Waals surface area contributed by atoms with Gasteiger partial charge in [0.25, 0.3) is 0 Å². The van der Waals surface area contributed by atoms with E-state index in [0.29, 0.717) is 27.4 Å². The Labute approximate surface area is 206 Å². The fourth-order valence-corrected chi connectivity index (χ4v) is 3.61. The second kappa shape index (κ2) is 9.57. The molecule has 4 rings (SSSR count). The predicted molar refractivity (Wildman–Crippen MR) is 126 cm³/mol. The van der Waals surface area contributed by atoms with Gasteiger partial charge in [0, 0.05) is 23.4 Å². The van der Waals surface area contributed by atoms with Crippen molar-refractivity contribution >= 4 is 23.7 Å². The lowest BCUT2D eigenvalue weighted by molar-refractivity contribution is 0.0308. The Hall–Kier alpha value is -3.60. The van der Waals surface area contributed by atoms with E-state index in [1.54, 1.807) is 46.1 Å². The number of halogens is 2. The van der Waals surface area contributed by atoms with E-state index < -0.39 is 23.5 Å². The molecule has 0 aliphatic heterocycles. The van der Waals surface area contributed by atoms with Crippen molar-refractivity contribution in [2.24, 2.45) is 7.05 Å². The summed E-state index contributed by atoms with van der Waals surface area (Å²) in [5, 5.41) is 14.9. The van der Waals surface area contributed by atoms with E-state index >= 15 is 0 Å². The molecule has 10 nitrogen and oxygen atoms in total. The number of nitrogens with one attached hydrogen (secondary N) is 1. The molecule has 1 aromatic carbocycles. The average molecular weight is 502 g/mol. The molecule has 2 aromatic heterocycles. The van der Waals surface area contributed by atoms with Gasteiger partial charge in [0.15, 0.2) is 0 Å². The second-order valence-corrected chi connectivity index (χ2v) is 9.59. The number of hydrogen-bond donors (Lipinski definition) is 1. The van der Waals surface area contributed by atoms with Gasteiger partial charge in [-0.3, -0.25) is 4.98 Å². The third-order valence-corrected chi connectivity index (χ3v) is 5.41. The van der Waals surface area contributed by atoms with Crippen molar-refractivity contribution < 1.29 is 18.7 Å². The van der Waals surface area contributed by atoms with E-state index in [0.717, 1.165) is 17.7 Å². The summed E-state index contributed by atoms with van der Waals surface area (Å²) >= 11 is 6.46. The molecule has 0 atom stereocenters. The molecule has 0 spiro atoms. The van der Waals surface area contributed by atoms with Crippen LogP contribution in [0.3, 0.4) is 0 Å². The molecule has 0 bridgehead atoms. The first-order chi connectivity index (χ1) is 16.5. The molecule has 3 amide bonds. The Morgan fingerprint density at radius 1 is 1.26 bits per heavy atom. The molecule has 12 heteroatoms. The zero-order chi connectivity index (χ0) is 25.3. The summed E-state index contributed by atoms with van der Waals surface area (Å²) in [7, 11) is 1.62. The number of hydrogen-bond acceptors (Lipinski definition) is 7. The van der Waals surface area contributed by atoms with Crippen LogP contribution >= 0.6 is 11.6 Å². The number of aryl methyl sites for hydroxylation is 1. The number of carbonyl (C=O) groups is 2. The first kappa shape index (κ1) is 24.5. The first-order valence-electron chi connectivity index (χ1n) is 11.0. The lowest BCUT2D eigenvalue weighted by Gasteiger charge is -2.26. The second-order valence-electron chi connectivity index (χ2n) is 9.19. The Kier molecular flexibility index (Phi) is 6.70. The van der Waals surface area contributed by atoms with Crippen LogP contribution < -0.4 is 5.32 Å². The van der Waals surface area contributed by atoms with Crippen LogP contribution in [0.25, 0.3) is 22.5 Å². The minimum absolute atomic E-state index is 0.00591. The van der Waals surface area contributed by atoms with E-state index in [9.17, 15) is 14.0 Å². The molecule has 1 aliphatic rings. The number of carbonyl (C=O) groups excluding carboxylic acids is 2. The number of urea groups is 1.